The molecule has 150 valence electrons. The maximum atomic E-state index is 12.8. The largest absolute Gasteiger partial charge is 0.439 e. The highest BCUT2D eigenvalue weighted by Crippen LogP contribution is 2.27. The third-order valence-electron chi connectivity index (χ3n) is 4.79. The molecule has 1 atom stereocenters. The van der Waals surface area contributed by atoms with Crippen molar-refractivity contribution in [2.45, 2.75) is 26.8 Å². The molecule has 1 unspecified atom stereocenters. The topological polar surface area (TPSA) is 58.6 Å². The third kappa shape index (κ3) is 4.67. The molecule has 28 heavy (non-hydrogen) atoms. The molecule has 2 aromatic rings. The number of halogens is 2. The van der Waals surface area contributed by atoms with E-state index in [1.54, 1.807) is 24.3 Å². The molecule has 0 bridgehead atoms. The predicted molar refractivity (Wildman–Crippen MR) is 111 cm³/mol. The Balaban J connectivity index is 1.68. The Hall–Kier alpha value is -2.05. The van der Waals surface area contributed by atoms with Gasteiger partial charge in [0.25, 0.3) is 0 Å². The predicted octanol–water partition coefficient (Wildman–Crippen LogP) is 4.22. The van der Waals surface area contributed by atoms with Crippen LogP contribution in [0.1, 0.15) is 20.8 Å². The molecule has 1 aromatic carbocycles. The molecule has 0 spiro atoms. The van der Waals surface area contributed by atoms with Crippen LogP contribution < -0.4 is 9.64 Å². The Kier molecular flexibility index (Phi) is 6.30. The van der Waals surface area contributed by atoms with Gasteiger partial charge in [-0.05, 0) is 45.0 Å². The van der Waals surface area contributed by atoms with Crippen LogP contribution in [0.15, 0.2) is 36.7 Å². The van der Waals surface area contributed by atoms with Gasteiger partial charge in [0, 0.05) is 42.6 Å². The lowest BCUT2D eigenvalue weighted by Gasteiger charge is -2.43. The van der Waals surface area contributed by atoms with Crippen LogP contribution in [-0.2, 0) is 4.79 Å². The minimum atomic E-state index is -0.563. The number of carbonyl (C=O) groups excluding carboxylic acids is 1. The van der Waals surface area contributed by atoms with Gasteiger partial charge in [-0.1, -0.05) is 11.6 Å². The fourth-order valence-electron chi connectivity index (χ4n) is 3.10. The van der Waals surface area contributed by atoms with E-state index in [4.69, 9.17) is 27.9 Å². The summed E-state index contributed by atoms with van der Waals surface area (Å²) in [4.78, 5) is 25.4. The molecule has 3 rings (SSSR count). The van der Waals surface area contributed by atoms with Crippen LogP contribution in [0.3, 0.4) is 0 Å². The highest BCUT2D eigenvalue weighted by Gasteiger charge is 2.36. The van der Waals surface area contributed by atoms with E-state index in [1.807, 2.05) is 31.7 Å². The molecular weight excluding hydrogens is 399 g/mol. The van der Waals surface area contributed by atoms with Crippen molar-refractivity contribution in [2.75, 3.05) is 30.4 Å². The molecule has 1 aromatic heterocycles. The van der Waals surface area contributed by atoms with Crippen molar-refractivity contribution in [2.24, 2.45) is 5.41 Å². The molecule has 1 saturated heterocycles. The molecule has 6 nitrogen and oxygen atoms in total. The molecule has 1 aliphatic heterocycles. The summed E-state index contributed by atoms with van der Waals surface area (Å²) in [6.07, 6.45) is 1.49. The molecule has 0 saturated carbocycles. The second kappa shape index (κ2) is 8.53. The van der Waals surface area contributed by atoms with Crippen molar-refractivity contribution < 1.29 is 9.53 Å². The summed E-state index contributed by atoms with van der Waals surface area (Å²) in [6.45, 7) is 7.80. The fraction of sp³-hybridized carbons (Fsp3) is 0.450. The number of aromatic nitrogens is 2. The quantitative estimate of drug-likeness (QED) is 0.674. The van der Waals surface area contributed by atoms with Gasteiger partial charge in [0.2, 0.25) is 11.8 Å². The van der Waals surface area contributed by atoms with Crippen LogP contribution in [-0.4, -0.2) is 52.3 Å². The first kappa shape index (κ1) is 20.7. The van der Waals surface area contributed by atoms with E-state index < -0.39 is 5.41 Å². The van der Waals surface area contributed by atoms with Gasteiger partial charge in [-0.25, -0.2) is 9.97 Å². The molecule has 0 aliphatic carbocycles. The number of rotatable bonds is 5. The molecule has 0 radical (unpaired) electrons. The zero-order chi connectivity index (χ0) is 20.3. The molecule has 0 N–H and O–H groups in total. The van der Waals surface area contributed by atoms with Gasteiger partial charge in [0.1, 0.15) is 17.9 Å². The van der Waals surface area contributed by atoms with E-state index in [0.29, 0.717) is 42.2 Å². The van der Waals surface area contributed by atoms with Gasteiger partial charge in [0.15, 0.2) is 0 Å². The first-order chi connectivity index (χ1) is 13.3. The molecule has 1 amide bonds. The third-order valence-corrected chi connectivity index (χ3v) is 5.71. The average Bonchev–Trinajstić information content (AvgIpc) is 2.69. The summed E-state index contributed by atoms with van der Waals surface area (Å²) in [5.41, 5.74) is -0.563. The molecule has 1 aliphatic rings. The number of hydrogen-bond donors (Lipinski definition) is 0. The second-order valence-corrected chi connectivity index (χ2v) is 8.29. The summed E-state index contributed by atoms with van der Waals surface area (Å²) in [5, 5.41) is 0.648. The van der Waals surface area contributed by atoms with Crippen LogP contribution in [0.2, 0.25) is 5.02 Å². The number of benzene rings is 1. The van der Waals surface area contributed by atoms with Crippen LogP contribution >= 0.6 is 23.2 Å². The summed E-state index contributed by atoms with van der Waals surface area (Å²) < 4.78 is 5.79. The second-order valence-electron chi connectivity index (χ2n) is 7.58. The van der Waals surface area contributed by atoms with Crippen molar-refractivity contribution in [1.29, 1.82) is 0 Å². The fourth-order valence-corrected chi connectivity index (χ4v) is 3.34. The van der Waals surface area contributed by atoms with Gasteiger partial charge in [-0.2, -0.15) is 0 Å². The maximum Gasteiger partial charge on any atom is 0.229 e. The lowest BCUT2D eigenvalue weighted by atomic mass is 9.93. The number of alkyl halides is 1. The molecular formula is C20H24Cl2N4O2. The average molecular weight is 423 g/mol. The van der Waals surface area contributed by atoms with Gasteiger partial charge >= 0.3 is 0 Å². The van der Waals surface area contributed by atoms with E-state index in [-0.39, 0.29) is 11.9 Å². The molecule has 2 heterocycles. The van der Waals surface area contributed by atoms with E-state index >= 15 is 0 Å². The van der Waals surface area contributed by atoms with Crippen molar-refractivity contribution in [1.82, 2.24) is 14.9 Å². The van der Waals surface area contributed by atoms with Gasteiger partial charge in [-0.15, -0.1) is 11.6 Å². The number of anilines is 1. The van der Waals surface area contributed by atoms with Crippen molar-refractivity contribution in [3.8, 4) is 11.6 Å². The maximum absolute atomic E-state index is 12.8. The lowest BCUT2D eigenvalue weighted by Crippen LogP contribution is -2.57. The lowest BCUT2D eigenvalue weighted by molar-refractivity contribution is -0.141. The van der Waals surface area contributed by atoms with Crippen LogP contribution in [0.25, 0.3) is 0 Å². The van der Waals surface area contributed by atoms with Crippen molar-refractivity contribution in [3.63, 3.8) is 0 Å². The van der Waals surface area contributed by atoms with E-state index in [2.05, 4.69) is 14.9 Å². The van der Waals surface area contributed by atoms with E-state index in [1.165, 1.54) is 6.33 Å². The Bertz CT molecular complexity index is 829. The first-order valence-electron chi connectivity index (χ1n) is 9.17. The number of nitrogens with zero attached hydrogens (tertiary/aromatic N) is 4. The zero-order valence-electron chi connectivity index (χ0n) is 16.2. The number of amides is 1. The summed E-state index contributed by atoms with van der Waals surface area (Å²) in [6, 6.07) is 8.96. The highest BCUT2D eigenvalue weighted by molar-refractivity contribution is 6.30. The normalized spacial score (nSPS) is 17.5. The van der Waals surface area contributed by atoms with Gasteiger partial charge < -0.3 is 14.5 Å². The number of ether oxygens (including phenoxy) is 1. The Morgan fingerprint density at radius 3 is 2.61 bits per heavy atom. The minimum absolute atomic E-state index is 0.0549. The molecule has 1 fully saturated rings. The van der Waals surface area contributed by atoms with Gasteiger partial charge in [-0.3, -0.25) is 4.79 Å². The first-order valence-corrected chi connectivity index (χ1v) is 10.1. The Morgan fingerprint density at radius 1 is 1.25 bits per heavy atom. The minimum Gasteiger partial charge on any atom is -0.439 e. The number of hydrogen-bond acceptors (Lipinski definition) is 5. The smallest absolute Gasteiger partial charge is 0.229 e. The summed E-state index contributed by atoms with van der Waals surface area (Å²) >= 11 is 11.9. The summed E-state index contributed by atoms with van der Waals surface area (Å²) in [5.74, 6) is 2.28. The van der Waals surface area contributed by atoms with E-state index in [9.17, 15) is 4.79 Å². The number of carbonyl (C=O) groups is 1. The highest BCUT2D eigenvalue weighted by atomic mass is 35.5. The number of piperazine rings is 1. The monoisotopic (exact) mass is 422 g/mol. The SMILES string of the molecule is CC1CN(c2cc(Oc3ccc(Cl)cc3)ncn2)CCN1C(=O)C(C)(C)CCl. The van der Waals surface area contributed by atoms with Crippen LogP contribution in [0.4, 0.5) is 5.82 Å². The van der Waals surface area contributed by atoms with Crippen LogP contribution in [0.5, 0.6) is 11.6 Å². The Morgan fingerprint density at radius 2 is 1.96 bits per heavy atom. The van der Waals surface area contributed by atoms with E-state index in [0.717, 1.165) is 5.82 Å². The van der Waals surface area contributed by atoms with Crippen molar-refractivity contribution >= 4 is 34.9 Å². The standard InChI is InChI=1S/C20H24Cl2N4O2/c1-14-11-25(8-9-26(14)19(27)20(2,3)12-21)17-10-18(24-13-23-17)28-16-6-4-15(22)5-7-16/h4-7,10,13-14H,8-9,11-12H2,1-3H3. The summed E-state index contributed by atoms with van der Waals surface area (Å²) in [7, 11) is 0. The van der Waals surface area contributed by atoms with Crippen LogP contribution in [0, 0.1) is 5.41 Å². The zero-order valence-corrected chi connectivity index (χ0v) is 17.7. The van der Waals surface area contributed by atoms with Gasteiger partial charge in [0.05, 0.1) is 5.41 Å². The van der Waals surface area contributed by atoms with Crippen molar-refractivity contribution in [3.05, 3.63) is 41.7 Å². The Labute approximate surface area is 175 Å². The molecule has 8 heteroatoms.